The van der Waals surface area contributed by atoms with Crippen molar-refractivity contribution in [3.8, 4) is 0 Å². The fourth-order valence-corrected chi connectivity index (χ4v) is 1.94. The van der Waals surface area contributed by atoms with Gasteiger partial charge in [-0.05, 0) is 38.3 Å². The van der Waals surface area contributed by atoms with Crippen molar-refractivity contribution in [3.05, 3.63) is 24.0 Å². The van der Waals surface area contributed by atoms with Crippen molar-refractivity contribution >= 4 is 11.6 Å². The molecule has 1 amide bonds. The highest BCUT2D eigenvalue weighted by Crippen LogP contribution is 2.12. The van der Waals surface area contributed by atoms with Crippen molar-refractivity contribution in [2.24, 2.45) is 5.92 Å². The minimum absolute atomic E-state index is 0.0398. The summed E-state index contributed by atoms with van der Waals surface area (Å²) in [6.45, 7) is 8.32. The van der Waals surface area contributed by atoms with Crippen LogP contribution in [0.25, 0.3) is 0 Å². The molecule has 112 valence electrons. The summed E-state index contributed by atoms with van der Waals surface area (Å²) in [7, 11) is 0. The van der Waals surface area contributed by atoms with Gasteiger partial charge in [-0.3, -0.25) is 9.78 Å². The van der Waals surface area contributed by atoms with Gasteiger partial charge in [0.15, 0.2) is 0 Å². The zero-order valence-corrected chi connectivity index (χ0v) is 12.6. The van der Waals surface area contributed by atoms with Crippen molar-refractivity contribution in [1.82, 2.24) is 9.88 Å². The van der Waals surface area contributed by atoms with Gasteiger partial charge < -0.3 is 15.3 Å². The molecule has 0 aliphatic rings. The van der Waals surface area contributed by atoms with E-state index in [1.54, 1.807) is 17.2 Å². The normalized spacial score (nSPS) is 12.0. The van der Waals surface area contributed by atoms with Gasteiger partial charge in [-0.15, -0.1) is 0 Å². The third kappa shape index (κ3) is 4.81. The third-order valence-corrected chi connectivity index (χ3v) is 3.31. The minimum Gasteiger partial charge on any atom is -0.396 e. The highest BCUT2D eigenvalue weighted by atomic mass is 16.3. The predicted molar refractivity (Wildman–Crippen MR) is 80.8 cm³/mol. The van der Waals surface area contributed by atoms with E-state index in [2.05, 4.69) is 17.2 Å². The summed E-state index contributed by atoms with van der Waals surface area (Å²) in [5, 5.41) is 12.2. The summed E-state index contributed by atoms with van der Waals surface area (Å²) in [5.74, 6) is 0.345. The molecule has 0 spiro atoms. The van der Waals surface area contributed by atoms with Crippen molar-refractivity contribution < 1.29 is 9.90 Å². The number of nitrogens with one attached hydrogen (secondary N) is 1. The number of nitrogens with zero attached hydrogens (tertiary/aromatic N) is 2. The lowest BCUT2D eigenvalue weighted by molar-refractivity contribution is 0.0767. The molecule has 1 aromatic heterocycles. The predicted octanol–water partition coefficient (Wildman–Crippen LogP) is 1.99. The molecule has 0 aliphatic carbocycles. The van der Waals surface area contributed by atoms with E-state index in [0.29, 0.717) is 24.7 Å². The first-order chi connectivity index (χ1) is 9.62. The largest absolute Gasteiger partial charge is 0.396 e. The van der Waals surface area contributed by atoms with Gasteiger partial charge in [-0.2, -0.15) is 0 Å². The average Bonchev–Trinajstić information content (AvgIpc) is 2.47. The number of amides is 1. The Morgan fingerprint density at radius 3 is 2.75 bits per heavy atom. The summed E-state index contributed by atoms with van der Waals surface area (Å²) in [6.07, 6.45) is 2.42. The van der Waals surface area contributed by atoms with Crippen LogP contribution in [0.2, 0.25) is 0 Å². The maximum atomic E-state index is 12.2. The Balaban J connectivity index is 2.68. The van der Waals surface area contributed by atoms with E-state index in [-0.39, 0.29) is 12.5 Å². The second kappa shape index (κ2) is 8.53. The monoisotopic (exact) mass is 279 g/mol. The van der Waals surface area contributed by atoms with E-state index in [0.717, 1.165) is 18.7 Å². The molecule has 1 unspecified atom stereocenters. The second-order valence-electron chi connectivity index (χ2n) is 4.91. The number of carbonyl (C=O) groups is 1. The van der Waals surface area contributed by atoms with Crippen LogP contribution in [0.3, 0.4) is 0 Å². The van der Waals surface area contributed by atoms with E-state index in [9.17, 15) is 4.79 Å². The molecule has 20 heavy (non-hydrogen) atoms. The van der Waals surface area contributed by atoms with Crippen LogP contribution in [0.4, 0.5) is 5.69 Å². The fourth-order valence-electron chi connectivity index (χ4n) is 1.94. The molecule has 0 fully saturated rings. The molecule has 1 aromatic rings. The summed E-state index contributed by atoms with van der Waals surface area (Å²) < 4.78 is 0. The van der Waals surface area contributed by atoms with Gasteiger partial charge in [-0.25, -0.2) is 0 Å². The van der Waals surface area contributed by atoms with Crippen molar-refractivity contribution in [2.75, 3.05) is 31.6 Å². The lowest BCUT2D eigenvalue weighted by Gasteiger charge is -2.18. The highest BCUT2D eigenvalue weighted by Gasteiger charge is 2.14. The van der Waals surface area contributed by atoms with Crippen molar-refractivity contribution in [1.29, 1.82) is 0 Å². The van der Waals surface area contributed by atoms with Crippen LogP contribution < -0.4 is 5.32 Å². The number of rotatable bonds is 8. The van der Waals surface area contributed by atoms with Crippen LogP contribution in [0.5, 0.6) is 0 Å². The lowest BCUT2D eigenvalue weighted by Crippen LogP contribution is -2.31. The topological polar surface area (TPSA) is 65.5 Å². The third-order valence-electron chi connectivity index (χ3n) is 3.31. The highest BCUT2D eigenvalue weighted by molar-refractivity contribution is 5.93. The van der Waals surface area contributed by atoms with E-state index in [1.807, 2.05) is 19.9 Å². The Kier molecular flexibility index (Phi) is 7.01. The quantitative estimate of drug-likeness (QED) is 0.764. The van der Waals surface area contributed by atoms with E-state index >= 15 is 0 Å². The minimum atomic E-state index is -0.0398. The molecule has 1 rings (SSSR count). The molecular formula is C15H25N3O2. The average molecular weight is 279 g/mol. The molecule has 5 nitrogen and oxygen atoms in total. The Labute approximate surface area is 121 Å². The fraction of sp³-hybridized carbons (Fsp3) is 0.600. The standard InChI is InChI=1S/C15H25N3O2/c1-4-18(5-2)15(20)14-10-13(6-8-16-14)17-11-12(3)7-9-19/h6,8,10,12,19H,4-5,7,9,11H2,1-3H3,(H,16,17). The van der Waals surface area contributed by atoms with Crippen LogP contribution in [0.15, 0.2) is 18.3 Å². The number of carbonyl (C=O) groups excluding carboxylic acids is 1. The van der Waals surface area contributed by atoms with Gasteiger partial charge in [-0.1, -0.05) is 6.92 Å². The number of hydrogen-bond donors (Lipinski definition) is 2. The molecule has 0 saturated carbocycles. The first-order valence-electron chi connectivity index (χ1n) is 7.22. The van der Waals surface area contributed by atoms with Crippen LogP contribution in [-0.4, -0.2) is 47.1 Å². The van der Waals surface area contributed by atoms with E-state index in [4.69, 9.17) is 5.11 Å². The molecule has 0 saturated heterocycles. The molecule has 5 heteroatoms. The molecule has 0 radical (unpaired) electrons. The van der Waals surface area contributed by atoms with Crippen LogP contribution >= 0.6 is 0 Å². The molecule has 1 atom stereocenters. The number of pyridine rings is 1. The van der Waals surface area contributed by atoms with E-state index < -0.39 is 0 Å². The van der Waals surface area contributed by atoms with Crippen molar-refractivity contribution in [3.63, 3.8) is 0 Å². The summed E-state index contributed by atoms with van der Waals surface area (Å²) in [6, 6.07) is 3.64. The van der Waals surface area contributed by atoms with Gasteiger partial charge in [0.2, 0.25) is 0 Å². The first kappa shape index (κ1) is 16.4. The van der Waals surface area contributed by atoms with Crippen molar-refractivity contribution in [2.45, 2.75) is 27.2 Å². The Morgan fingerprint density at radius 1 is 1.45 bits per heavy atom. The Morgan fingerprint density at radius 2 is 2.15 bits per heavy atom. The van der Waals surface area contributed by atoms with Gasteiger partial charge in [0.25, 0.3) is 5.91 Å². The number of hydrogen-bond acceptors (Lipinski definition) is 4. The summed E-state index contributed by atoms with van der Waals surface area (Å²) >= 11 is 0. The Bertz CT molecular complexity index is 419. The van der Waals surface area contributed by atoms with Crippen LogP contribution in [0.1, 0.15) is 37.7 Å². The Hall–Kier alpha value is -1.62. The maximum absolute atomic E-state index is 12.2. The summed E-state index contributed by atoms with van der Waals surface area (Å²) in [5.41, 5.74) is 1.36. The maximum Gasteiger partial charge on any atom is 0.272 e. The molecule has 1 heterocycles. The number of aromatic nitrogens is 1. The van der Waals surface area contributed by atoms with E-state index in [1.165, 1.54) is 0 Å². The van der Waals surface area contributed by atoms with Gasteiger partial charge >= 0.3 is 0 Å². The zero-order chi connectivity index (χ0) is 15.0. The number of anilines is 1. The molecular weight excluding hydrogens is 254 g/mol. The van der Waals surface area contributed by atoms with Gasteiger partial charge in [0.1, 0.15) is 5.69 Å². The molecule has 0 bridgehead atoms. The van der Waals surface area contributed by atoms with Gasteiger partial charge in [0, 0.05) is 38.1 Å². The molecule has 0 aliphatic heterocycles. The zero-order valence-electron chi connectivity index (χ0n) is 12.6. The molecule has 0 aromatic carbocycles. The molecule has 2 N–H and O–H groups in total. The smallest absolute Gasteiger partial charge is 0.272 e. The second-order valence-corrected chi connectivity index (χ2v) is 4.91. The summed E-state index contributed by atoms with van der Waals surface area (Å²) in [4.78, 5) is 18.1. The SMILES string of the molecule is CCN(CC)C(=O)c1cc(NCC(C)CCO)ccn1. The lowest BCUT2D eigenvalue weighted by atomic mass is 10.1. The van der Waals surface area contributed by atoms with Crippen LogP contribution in [0, 0.1) is 5.92 Å². The van der Waals surface area contributed by atoms with Gasteiger partial charge in [0.05, 0.1) is 0 Å². The number of aliphatic hydroxyl groups excluding tert-OH is 1. The number of aliphatic hydroxyl groups is 1. The first-order valence-corrected chi connectivity index (χ1v) is 7.22. The van der Waals surface area contributed by atoms with Crippen LogP contribution in [-0.2, 0) is 0 Å².